The van der Waals surface area contributed by atoms with E-state index in [1.54, 1.807) is 0 Å². The molecule has 1 saturated heterocycles. The first-order valence-electron chi connectivity index (χ1n) is 4.14. The summed E-state index contributed by atoms with van der Waals surface area (Å²) in [7, 11) is -2.84. The molecule has 13 heavy (non-hydrogen) atoms. The molecule has 0 radical (unpaired) electrons. The summed E-state index contributed by atoms with van der Waals surface area (Å²) in [6.45, 7) is 1.38. The lowest BCUT2D eigenvalue weighted by atomic mass is 10.4. The van der Waals surface area contributed by atoms with Gasteiger partial charge in [0.2, 0.25) is 0 Å². The van der Waals surface area contributed by atoms with Crippen LogP contribution in [0.25, 0.3) is 0 Å². The Morgan fingerprint density at radius 2 is 1.85 bits per heavy atom. The highest BCUT2D eigenvalue weighted by Crippen LogP contribution is 2.03. The van der Waals surface area contributed by atoms with Gasteiger partial charge >= 0.3 is 5.97 Å². The van der Waals surface area contributed by atoms with Gasteiger partial charge in [0.25, 0.3) is 0 Å². The van der Waals surface area contributed by atoms with E-state index in [2.05, 4.69) is 0 Å². The van der Waals surface area contributed by atoms with Gasteiger partial charge in [-0.15, -0.1) is 0 Å². The van der Waals surface area contributed by atoms with Crippen molar-refractivity contribution in [3.05, 3.63) is 0 Å². The van der Waals surface area contributed by atoms with Crippen molar-refractivity contribution in [3.63, 3.8) is 0 Å². The molecular weight excluding hydrogens is 194 g/mol. The third kappa shape index (κ3) is 3.73. The molecule has 0 aliphatic carbocycles. The number of carbonyl (C=O) groups is 1. The SMILES string of the molecule is O=C(O)CCN1CCS(=O)(=O)CC1. The minimum absolute atomic E-state index is 0.0834. The zero-order valence-corrected chi connectivity index (χ0v) is 8.09. The van der Waals surface area contributed by atoms with Crippen LogP contribution < -0.4 is 0 Å². The van der Waals surface area contributed by atoms with Crippen LogP contribution in [0.5, 0.6) is 0 Å². The number of sulfone groups is 1. The average Bonchev–Trinajstić information content (AvgIpc) is 2.02. The van der Waals surface area contributed by atoms with Crippen LogP contribution in [0.4, 0.5) is 0 Å². The standard InChI is InChI=1S/C7H13NO4S/c9-7(10)1-2-8-3-5-13(11,12)6-4-8/h1-6H2,(H,9,10). The molecule has 0 aromatic carbocycles. The second kappa shape index (κ2) is 4.06. The molecule has 0 unspecified atom stereocenters. The number of rotatable bonds is 3. The maximum Gasteiger partial charge on any atom is 0.304 e. The number of nitrogens with zero attached hydrogens (tertiary/aromatic N) is 1. The lowest BCUT2D eigenvalue weighted by molar-refractivity contribution is -0.137. The number of carboxylic acids is 1. The van der Waals surface area contributed by atoms with Gasteiger partial charge in [0.1, 0.15) is 0 Å². The molecule has 0 aromatic heterocycles. The van der Waals surface area contributed by atoms with Crippen LogP contribution in [0, 0.1) is 0 Å². The molecule has 6 heteroatoms. The second-order valence-corrected chi connectivity index (χ2v) is 5.44. The Kier molecular flexibility index (Phi) is 3.27. The molecule has 76 valence electrons. The lowest BCUT2D eigenvalue weighted by Crippen LogP contribution is -2.41. The zero-order valence-electron chi connectivity index (χ0n) is 7.27. The van der Waals surface area contributed by atoms with Gasteiger partial charge in [-0.2, -0.15) is 0 Å². The molecule has 1 fully saturated rings. The van der Waals surface area contributed by atoms with E-state index in [9.17, 15) is 13.2 Å². The predicted molar refractivity (Wildman–Crippen MR) is 47.3 cm³/mol. The van der Waals surface area contributed by atoms with Gasteiger partial charge in [-0.3, -0.25) is 4.79 Å². The van der Waals surface area contributed by atoms with E-state index in [1.165, 1.54) is 0 Å². The van der Waals surface area contributed by atoms with E-state index in [-0.39, 0.29) is 17.9 Å². The quantitative estimate of drug-likeness (QED) is 0.655. The van der Waals surface area contributed by atoms with Gasteiger partial charge < -0.3 is 10.0 Å². The van der Waals surface area contributed by atoms with Crippen molar-refractivity contribution in [2.45, 2.75) is 6.42 Å². The van der Waals surface area contributed by atoms with E-state index < -0.39 is 15.8 Å². The van der Waals surface area contributed by atoms with Gasteiger partial charge in [-0.1, -0.05) is 0 Å². The van der Waals surface area contributed by atoms with Gasteiger partial charge in [0, 0.05) is 19.6 Å². The summed E-state index contributed by atoms with van der Waals surface area (Å²) < 4.78 is 22.0. The Morgan fingerprint density at radius 1 is 1.31 bits per heavy atom. The maximum atomic E-state index is 11.0. The molecule has 5 nitrogen and oxygen atoms in total. The monoisotopic (exact) mass is 207 g/mol. The highest BCUT2D eigenvalue weighted by Gasteiger charge is 2.21. The number of carboxylic acid groups (broad SMARTS) is 1. The van der Waals surface area contributed by atoms with Crippen LogP contribution in [0.15, 0.2) is 0 Å². The minimum atomic E-state index is -2.84. The van der Waals surface area contributed by atoms with Crippen molar-refractivity contribution < 1.29 is 18.3 Å². The van der Waals surface area contributed by atoms with Crippen LogP contribution >= 0.6 is 0 Å². The van der Waals surface area contributed by atoms with Crippen LogP contribution in [0.2, 0.25) is 0 Å². The highest BCUT2D eigenvalue weighted by molar-refractivity contribution is 7.91. The Bertz CT molecular complexity index is 271. The first kappa shape index (κ1) is 10.5. The van der Waals surface area contributed by atoms with Gasteiger partial charge in [0.15, 0.2) is 9.84 Å². The summed E-state index contributed by atoms with van der Waals surface area (Å²) in [6, 6.07) is 0. The molecule has 1 heterocycles. The fourth-order valence-corrected chi connectivity index (χ4v) is 2.50. The van der Waals surface area contributed by atoms with Gasteiger partial charge in [-0.25, -0.2) is 8.42 Å². The van der Waals surface area contributed by atoms with Crippen LogP contribution in [-0.2, 0) is 14.6 Å². The summed E-state index contributed by atoms with van der Waals surface area (Å²) in [5.74, 6) is -0.521. The molecule has 0 bridgehead atoms. The predicted octanol–water partition coefficient (Wildman–Crippen LogP) is -0.808. The minimum Gasteiger partial charge on any atom is -0.481 e. The number of hydrogen-bond acceptors (Lipinski definition) is 4. The summed E-state index contributed by atoms with van der Waals surface area (Å²) in [4.78, 5) is 12.1. The largest absolute Gasteiger partial charge is 0.481 e. The second-order valence-electron chi connectivity index (χ2n) is 3.14. The number of hydrogen-bond donors (Lipinski definition) is 1. The molecular formula is C7H13NO4S. The third-order valence-electron chi connectivity index (χ3n) is 2.08. The Hall–Kier alpha value is -0.620. The molecule has 0 spiro atoms. The van der Waals surface area contributed by atoms with Gasteiger partial charge in [0.05, 0.1) is 17.9 Å². The molecule has 1 aliphatic rings. The van der Waals surface area contributed by atoms with E-state index in [0.717, 1.165) is 0 Å². The third-order valence-corrected chi connectivity index (χ3v) is 3.69. The first-order valence-corrected chi connectivity index (χ1v) is 5.96. The molecule has 1 aliphatic heterocycles. The topological polar surface area (TPSA) is 74.7 Å². The van der Waals surface area contributed by atoms with Crippen LogP contribution in [-0.4, -0.2) is 55.5 Å². The summed E-state index contributed by atoms with van der Waals surface area (Å²) >= 11 is 0. The molecule has 0 saturated carbocycles. The van der Waals surface area contributed by atoms with Crippen LogP contribution in [0.3, 0.4) is 0 Å². The van der Waals surface area contributed by atoms with Crippen molar-refractivity contribution >= 4 is 15.8 Å². The number of aliphatic carboxylic acids is 1. The Labute approximate surface area is 77.3 Å². The first-order chi connectivity index (χ1) is 5.99. The van der Waals surface area contributed by atoms with Crippen molar-refractivity contribution in [2.75, 3.05) is 31.1 Å². The summed E-state index contributed by atoms with van der Waals surface area (Å²) in [6.07, 6.45) is 0.0834. The van der Waals surface area contributed by atoms with E-state index >= 15 is 0 Å². The lowest BCUT2D eigenvalue weighted by Gasteiger charge is -2.25. The van der Waals surface area contributed by atoms with Crippen molar-refractivity contribution in [3.8, 4) is 0 Å². The Balaban J connectivity index is 2.29. The van der Waals surface area contributed by atoms with Crippen molar-refractivity contribution in [1.82, 2.24) is 4.90 Å². The van der Waals surface area contributed by atoms with Gasteiger partial charge in [-0.05, 0) is 0 Å². The van der Waals surface area contributed by atoms with E-state index in [1.807, 2.05) is 4.90 Å². The molecule has 0 atom stereocenters. The zero-order chi connectivity index (χ0) is 9.90. The summed E-state index contributed by atoms with van der Waals surface area (Å²) in [5, 5.41) is 8.40. The van der Waals surface area contributed by atoms with E-state index in [0.29, 0.717) is 19.6 Å². The van der Waals surface area contributed by atoms with Crippen molar-refractivity contribution in [2.24, 2.45) is 0 Å². The Morgan fingerprint density at radius 3 is 2.31 bits per heavy atom. The molecule has 1 N–H and O–H groups in total. The fourth-order valence-electron chi connectivity index (χ4n) is 1.23. The van der Waals surface area contributed by atoms with Crippen molar-refractivity contribution in [1.29, 1.82) is 0 Å². The van der Waals surface area contributed by atoms with Crippen LogP contribution in [0.1, 0.15) is 6.42 Å². The maximum absolute atomic E-state index is 11.0. The highest BCUT2D eigenvalue weighted by atomic mass is 32.2. The smallest absolute Gasteiger partial charge is 0.304 e. The average molecular weight is 207 g/mol. The molecule has 1 rings (SSSR count). The van der Waals surface area contributed by atoms with E-state index in [4.69, 9.17) is 5.11 Å². The molecule has 0 amide bonds. The fraction of sp³-hybridized carbons (Fsp3) is 0.857. The molecule has 0 aromatic rings. The summed E-state index contributed by atoms with van der Waals surface area (Å²) in [5.41, 5.74) is 0. The normalized spacial score (nSPS) is 22.8.